The largest absolute Gasteiger partial charge is 0.444 e. The van der Waals surface area contributed by atoms with E-state index in [4.69, 9.17) is 4.74 Å². The zero-order valence-electron chi connectivity index (χ0n) is 14.1. The van der Waals surface area contributed by atoms with Crippen LogP contribution in [0.25, 0.3) is 0 Å². The van der Waals surface area contributed by atoms with E-state index in [2.05, 4.69) is 28.2 Å². The van der Waals surface area contributed by atoms with Crippen molar-refractivity contribution in [3.8, 4) is 0 Å². The highest BCUT2D eigenvalue weighted by molar-refractivity contribution is 7.09. The van der Waals surface area contributed by atoms with Crippen molar-refractivity contribution in [3.05, 3.63) is 5.82 Å². The molecule has 7 heteroatoms. The molecule has 2 rings (SSSR count). The molecule has 1 amide bonds. The number of carbonyl (C=O) groups excluding carboxylic acids is 1. The van der Waals surface area contributed by atoms with Crippen LogP contribution in [0.15, 0.2) is 0 Å². The number of carbonyl (C=O) groups is 1. The van der Waals surface area contributed by atoms with Gasteiger partial charge in [-0.1, -0.05) is 6.92 Å². The molecule has 1 aromatic heterocycles. The maximum absolute atomic E-state index is 12.1. The Morgan fingerprint density at radius 2 is 2.05 bits per heavy atom. The summed E-state index contributed by atoms with van der Waals surface area (Å²) < 4.78 is 9.77. The second-order valence-electron chi connectivity index (χ2n) is 6.66. The maximum atomic E-state index is 12.1. The van der Waals surface area contributed by atoms with Crippen molar-refractivity contribution >= 4 is 22.8 Å². The lowest BCUT2D eigenvalue weighted by atomic mass is 10.0. The van der Waals surface area contributed by atoms with Gasteiger partial charge in [0.15, 0.2) is 0 Å². The second-order valence-corrected chi connectivity index (χ2v) is 7.39. The first-order chi connectivity index (χ1) is 10.3. The summed E-state index contributed by atoms with van der Waals surface area (Å²) in [7, 11) is 2.06. The highest BCUT2D eigenvalue weighted by atomic mass is 32.1. The Bertz CT molecular complexity index is 504. The van der Waals surface area contributed by atoms with E-state index in [9.17, 15) is 4.79 Å². The highest BCUT2D eigenvalue weighted by Crippen LogP contribution is 2.24. The fourth-order valence-electron chi connectivity index (χ4n) is 2.45. The van der Waals surface area contributed by atoms with Crippen molar-refractivity contribution in [1.82, 2.24) is 14.3 Å². The molecule has 22 heavy (non-hydrogen) atoms. The first-order valence-corrected chi connectivity index (χ1v) is 8.61. The maximum Gasteiger partial charge on any atom is 0.410 e. The first-order valence-electron chi connectivity index (χ1n) is 7.83. The number of aryl methyl sites for hydroxylation is 1. The van der Waals surface area contributed by atoms with E-state index in [1.807, 2.05) is 20.8 Å². The van der Waals surface area contributed by atoms with Crippen molar-refractivity contribution in [3.63, 3.8) is 0 Å². The van der Waals surface area contributed by atoms with Crippen LogP contribution in [0.5, 0.6) is 0 Å². The summed E-state index contributed by atoms with van der Waals surface area (Å²) in [5.41, 5.74) is -0.437. The molecule has 0 aliphatic carbocycles. The van der Waals surface area contributed by atoms with Gasteiger partial charge in [-0.25, -0.2) is 9.78 Å². The van der Waals surface area contributed by atoms with Gasteiger partial charge in [0.05, 0.1) is 0 Å². The van der Waals surface area contributed by atoms with E-state index in [0.717, 1.165) is 43.3 Å². The van der Waals surface area contributed by atoms with E-state index in [0.29, 0.717) is 6.04 Å². The van der Waals surface area contributed by atoms with Crippen LogP contribution in [-0.2, 0) is 11.2 Å². The molecule has 1 saturated heterocycles. The summed E-state index contributed by atoms with van der Waals surface area (Å²) in [6, 6.07) is 0.399. The molecule has 0 radical (unpaired) electrons. The smallest absolute Gasteiger partial charge is 0.410 e. The van der Waals surface area contributed by atoms with Gasteiger partial charge in [-0.2, -0.15) is 4.37 Å². The van der Waals surface area contributed by atoms with Crippen molar-refractivity contribution in [2.24, 2.45) is 0 Å². The fraction of sp³-hybridized carbons (Fsp3) is 0.800. The number of hydrogen-bond acceptors (Lipinski definition) is 6. The Morgan fingerprint density at radius 1 is 1.41 bits per heavy atom. The van der Waals surface area contributed by atoms with Gasteiger partial charge in [0, 0.05) is 44.1 Å². The number of anilines is 1. The SMILES string of the molecule is CCc1nsc(N(C)C2CCN(C(=O)OC(C)(C)C)CC2)n1. The zero-order chi connectivity index (χ0) is 16.3. The molecule has 0 atom stereocenters. The van der Waals surface area contributed by atoms with Crippen LogP contribution in [0, 0.1) is 0 Å². The Morgan fingerprint density at radius 3 is 2.55 bits per heavy atom. The average molecular weight is 326 g/mol. The van der Waals surface area contributed by atoms with Crippen molar-refractivity contribution in [1.29, 1.82) is 0 Å². The predicted octanol–water partition coefficient (Wildman–Crippen LogP) is 2.94. The van der Waals surface area contributed by atoms with Crippen LogP contribution in [0.4, 0.5) is 9.93 Å². The van der Waals surface area contributed by atoms with Crippen LogP contribution in [0.2, 0.25) is 0 Å². The third kappa shape index (κ3) is 4.32. The fourth-order valence-corrected chi connectivity index (χ4v) is 3.23. The standard InChI is InChI=1S/C15H26N4O2S/c1-6-12-16-13(22-17-12)18(5)11-7-9-19(10-8-11)14(20)21-15(2,3)4/h11H,6-10H2,1-5H3. The zero-order valence-corrected chi connectivity index (χ0v) is 14.9. The number of rotatable bonds is 3. The lowest BCUT2D eigenvalue weighted by Crippen LogP contribution is -2.47. The normalized spacial score (nSPS) is 16.7. The van der Waals surface area contributed by atoms with Gasteiger partial charge in [-0.15, -0.1) is 0 Å². The molecule has 6 nitrogen and oxygen atoms in total. The van der Waals surface area contributed by atoms with E-state index < -0.39 is 5.60 Å². The summed E-state index contributed by atoms with van der Waals surface area (Å²) in [6.07, 6.45) is 2.51. The van der Waals surface area contributed by atoms with E-state index in [1.54, 1.807) is 4.90 Å². The molecule has 1 fully saturated rings. The third-order valence-corrected chi connectivity index (χ3v) is 4.58. The van der Waals surface area contributed by atoms with E-state index >= 15 is 0 Å². The summed E-state index contributed by atoms with van der Waals surface area (Å²) in [6.45, 7) is 9.20. The van der Waals surface area contributed by atoms with Crippen LogP contribution in [0.1, 0.15) is 46.4 Å². The molecule has 124 valence electrons. The number of likely N-dealkylation sites (tertiary alicyclic amines) is 1. The minimum Gasteiger partial charge on any atom is -0.444 e. The number of nitrogens with zero attached hydrogens (tertiary/aromatic N) is 4. The Hall–Kier alpha value is -1.37. The number of aromatic nitrogens is 2. The molecule has 1 aromatic rings. The molecule has 1 aliphatic heterocycles. The van der Waals surface area contributed by atoms with Crippen molar-refractivity contribution in [2.75, 3.05) is 25.0 Å². The van der Waals surface area contributed by atoms with Crippen LogP contribution >= 0.6 is 11.5 Å². The summed E-state index contributed by atoms with van der Waals surface area (Å²) in [5.74, 6) is 0.901. The number of piperidine rings is 1. The van der Waals surface area contributed by atoms with Gasteiger partial charge in [-0.3, -0.25) is 0 Å². The number of hydrogen-bond donors (Lipinski definition) is 0. The topological polar surface area (TPSA) is 58.6 Å². The monoisotopic (exact) mass is 326 g/mol. The Balaban J connectivity index is 1.87. The minimum atomic E-state index is -0.437. The second kappa shape index (κ2) is 6.81. The van der Waals surface area contributed by atoms with Crippen LogP contribution < -0.4 is 4.90 Å². The molecule has 0 N–H and O–H groups in total. The summed E-state index contributed by atoms with van der Waals surface area (Å²) >= 11 is 1.45. The molecular formula is C15H26N4O2S. The van der Waals surface area contributed by atoms with Crippen molar-refractivity contribution < 1.29 is 9.53 Å². The highest BCUT2D eigenvalue weighted by Gasteiger charge is 2.29. The van der Waals surface area contributed by atoms with Crippen molar-refractivity contribution in [2.45, 2.75) is 58.6 Å². The third-order valence-electron chi connectivity index (χ3n) is 3.74. The summed E-state index contributed by atoms with van der Waals surface area (Å²) in [5, 5.41) is 0.965. The summed E-state index contributed by atoms with van der Waals surface area (Å²) in [4.78, 5) is 20.6. The van der Waals surface area contributed by atoms with Gasteiger partial charge in [-0.05, 0) is 33.6 Å². The Labute approximate surface area is 136 Å². The van der Waals surface area contributed by atoms with Gasteiger partial charge in [0.25, 0.3) is 0 Å². The van der Waals surface area contributed by atoms with Gasteiger partial charge in [0.1, 0.15) is 11.4 Å². The van der Waals surface area contributed by atoms with Gasteiger partial charge >= 0.3 is 6.09 Å². The quantitative estimate of drug-likeness (QED) is 0.855. The molecule has 2 heterocycles. The molecule has 0 spiro atoms. The minimum absolute atomic E-state index is 0.210. The Kier molecular flexibility index (Phi) is 5.26. The molecule has 0 saturated carbocycles. The van der Waals surface area contributed by atoms with Crippen LogP contribution in [0.3, 0.4) is 0 Å². The van der Waals surface area contributed by atoms with Gasteiger partial charge in [0.2, 0.25) is 5.13 Å². The van der Waals surface area contributed by atoms with Gasteiger partial charge < -0.3 is 14.5 Å². The first kappa shape index (κ1) is 17.0. The number of ether oxygens (including phenoxy) is 1. The van der Waals surface area contributed by atoms with E-state index in [1.165, 1.54) is 11.5 Å². The predicted molar refractivity (Wildman–Crippen MR) is 88.5 cm³/mol. The molecular weight excluding hydrogens is 300 g/mol. The molecule has 0 aromatic carbocycles. The number of amides is 1. The molecule has 0 bridgehead atoms. The average Bonchev–Trinajstić information content (AvgIpc) is 2.94. The van der Waals surface area contributed by atoms with E-state index in [-0.39, 0.29) is 6.09 Å². The lowest BCUT2D eigenvalue weighted by molar-refractivity contribution is 0.0205. The molecule has 1 aliphatic rings. The molecule has 0 unspecified atom stereocenters. The lowest BCUT2D eigenvalue weighted by Gasteiger charge is -2.37. The van der Waals surface area contributed by atoms with Crippen LogP contribution in [-0.4, -0.2) is 52.1 Å².